The minimum absolute atomic E-state index is 0.736. The lowest BCUT2D eigenvalue weighted by atomic mass is 10.2. The van der Waals surface area contributed by atoms with E-state index >= 15 is 0 Å². The lowest BCUT2D eigenvalue weighted by molar-refractivity contribution is 1.09. The largest absolute Gasteiger partial charge is 0.257 e. The van der Waals surface area contributed by atoms with Crippen molar-refractivity contribution in [2.75, 3.05) is 0 Å². The summed E-state index contributed by atoms with van der Waals surface area (Å²) in [5, 5.41) is 4.92. The van der Waals surface area contributed by atoms with Gasteiger partial charge in [0.2, 0.25) is 0 Å². The van der Waals surface area contributed by atoms with Crippen molar-refractivity contribution in [2.45, 2.75) is 40.0 Å². The Balaban J connectivity index is 1.54. The van der Waals surface area contributed by atoms with Crippen molar-refractivity contribution in [1.82, 2.24) is 4.98 Å². The zero-order valence-electron chi connectivity index (χ0n) is 23.5. The van der Waals surface area contributed by atoms with Crippen LogP contribution in [-0.2, 0) is 35.9 Å². The van der Waals surface area contributed by atoms with Gasteiger partial charge in [0.15, 0.2) is 0 Å². The van der Waals surface area contributed by atoms with Gasteiger partial charge in [-0.3, -0.25) is 4.98 Å². The number of hydrogen-bond donors (Lipinski definition) is 0. The number of aromatic nitrogens is 1. The molecule has 0 aliphatic heterocycles. The Morgan fingerprint density at radius 1 is 0.425 bits per heavy atom. The molecule has 4 aromatic carbocycles. The van der Waals surface area contributed by atoms with Gasteiger partial charge in [0.25, 0.3) is 0 Å². The van der Waals surface area contributed by atoms with Gasteiger partial charge in [-0.2, -0.15) is 0 Å². The fourth-order valence-electron chi connectivity index (χ4n) is 4.97. The Morgan fingerprint density at radius 2 is 0.675 bits per heavy atom. The lowest BCUT2D eigenvalue weighted by Gasteiger charge is -2.25. The average Bonchev–Trinajstić information content (AvgIpc) is 2.94. The van der Waals surface area contributed by atoms with Gasteiger partial charge >= 0.3 is 0 Å². The first-order valence-corrected chi connectivity index (χ1v) is 19.6. The van der Waals surface area contributed by atoms with Crippen molar-refractivity contribution in [3.63, 3.8) is 0 Å². The van der Waals surface area contributed by atoms with Crippen LogP contribution in [0.5, 0.6) is 0 Å². The highest BCUT2D eigenvalue weighted by atomic mass is 32.4. The Kier molecular flexibility index (Phi) is 8.69. The predicted molar refractivity (Wildman–Crippen MR) is 183 cm³/mol. The zero-order chi connectivity index (χ0) is 28.3. The van der Waals surface area contributed by atoms with Crippen molar-refractivity contribution < 1.29 is 0 Å². The Labute approximate surface area is 249 Å². The molecule has 5 rings (SSSR count). The Hall–Kier alpha value is -2.67. The molecule has 0 amide bonds. The molecule has 1 heterocycles. The maximum atomic E-state index is 6.59. The molecule has 0 aliphatic rings. The molecule has 0 unspecified atom stereocenters. The van der Waals surface area contributed by atoms with Crippen molar-refractivity contribution in [3.8, 4) is 0 Å². The van der Waals surface area contributed by atoms with Gasteiger partial charge in [-0.15, -0.1) is 0 Å². The van der Waals surface area contributed by atoms with E-state index in [1.54, 1.807) is 0 Å². The molecule has 0 radical (unpaired) electrons. The highest BCUT2D eigenvalue weighted by molar-refractivity contribution is 8.21. The van der Waals surface area contributed by atoms with Crippen molar-refractivity contribution >= 4 is 56.9 Å². The quantitative estimate of drug-likeness (QED) is 0.172. The lowest BCUT2D eigenvalue weighted by Crippen LogP contribution is -2.19. The van der Waals surface area contributed by atoms with E-state index in [1.165, 1.54) is 43.5 Å². The third-order valence-corrected chi connectivity index (χ3v) is 16.8. The van der Waals surface area contributed by atoms with Crippen LogP contribution in [0.4, 0.5) is 0 Å². The van der Waals surface area contributed by atoms with Crippen LogP contribution < -0.4 is 21.2 Å². The smallest absolute Gasteiger partial charge is 0.0463 e. The fraction of sp³-hybridized carbons (Fsp3) is 0.171. The summed E-state index contributed by atoms with van der Waals surface area (Å²) in [4.78, 5) is 5.24. The van der Waals surface area contributed by atoms with Crippen molar-refractivity contribution in [2.24, 2.45) is 0 Å². The Morgan fingerprint density at radius 3 is 0.925 bits per heavy atom. The molecule has 5 aromatic rings. The van der Waals surface area contributed by atoms with E-state index in [0.29, 0.717) is 0 Å². The molecule has 1 nitrogen and oxygen atoms in total. The van der Waals surface area contributed by atoms with Gasteiger partial charge in [-0.05, 0) is 61.0 Å². The number of aryl methyl sites for hydroxylation is 4. The molecule has 0 atom stereocenters. The summed E-state index contributed by atoms with van der Waals surface area (Å²) in [7, 11) is 0. The van der Waals surface area contributed by atoms with Crippen LogP contribution in [0.1, 0.15) is 33.6 Å². The number of rotatable bonds is 8. The molecule has 0 aliphatic carbocycles. The maximum absolute atomic E-state index is 6.59. The molecule has 40 heavy (non-hydrogen) atoms. The van der Waals surface area contributed by atoms with E-state index < -0.39 is 12.1 Å². The summed E-state index contributed by atoms with van der Waals surface area (Å²) < 4.78 is 0. The third kappa shape index (κ3) is 6.29. The van der Waals surface area contributed by atoms with Gasteiger partial charge in [0, 0.05) is 35.8 Å². The van der Waals surface area contributed by atoms with Crippen LogP contribution >= 0.6 is 12.1 Å². The van der Waals surface area contributed by atoms with Crippen molar-refractivity contribution in [1.29, 1.82) is 0 Å². The first-order chi connectivity index (χ1) is 19.2. The second-order valence-electron chi connectivity index (χ2n) is 10.8. The van der Waals surface area contributed by atoms with E-state index in [0.717, 1.165) is 23.7 Å². The molecular formula is C35H35NP2S2. The van der Waals surface area contributed by atoms with Gasteiger partial charge in [0.05, 0.1) is 0 Å². The van der Waals surface area contributed by atoms with E-state index in [4.69, 9.17) is 28.6 Å². The highest BCUT2D eigenvalue weighted by Crippen LogP contribution is 2.49. The molecule has 5 heteroatoms. The molecule has 0 saturated carbocycles. The number of pyridine rings is 1. The normalized spacial score (nSPS) is 11.9. The number of nitrogens with zero attached hydrogens (tertiary/aromatic N) is 1. The standard InChI is InChI=1S/C35H35NP2S2/c1-26-8-16-32(17-9-26)37(39,33-18-10-27(2)11-19-33)24-30-6-5-7-31(36-30)25-38(40,34-20-12-28(3)13-21-34)35-22-14-29(4)15-23-35/h5-23H,24-25H2,1-4H3. The summed E-state index contributed by atoms with van der Waals surface area (Å²) in [6.45, 7) is 8.49. The van der Waals surface area contributed by atoms with Gasteiger partial charge in [0.1, 0.15) is 0 Å². The molecule has 0 fully saturated rings. The summed E-state index contributed by atoms with van der Waals surface area (Å²) in [5.41, 5.74) is 7.05. The zero-order valence-corrected chi connectivity index (χ0v) is 27.0. The minimum atomic E-state index is -2.13. The van der Waals surface area contributed by atoms with Gasteiger partial charge in [-0.1, -0.05) is 149 Å². The fourth-order valence-corrected chi connectivity index (χ4v) is 12.3. The molecule has 202 valence electrons. The summed E-state index contributed by atoms with van der Waals surface area (Å²) in [5.74, 6) is 0. The predicted octanol–water partition coefficient (Wildman–Crippen LogP) is 7.58. The molecule has 0 N–H and O–H groups in total. The Bertz CT molecular complexity index is 1480. The average molecular weight is 596 g/mol. The van der Waals surface area contributed by atoms with Crippen LogP contribution in [0.25, 0.3) is 0 Å². The van der Waals surface area contributed by atoms with E-state index in [1.807, 2.05) is 0 Å². The number of benzene rings is 4. The molecule has 1 aromatic heterocycles. The highest BCUT2D eigenvalue weighted by Gasteiger charge is 2.26. The topological polar surface area (TPSA) is 12.9 Å². The molecular weight excluding hydrogens is 560 g/mol. The second kappa shape index (κ2) is 12.1. The summed E-state index contributed by atoms with van der Waals surface area (Å²) in [6.07, 6.45) is 1.47. The van der Waals surface area contributed by atoms with Crippen LogP contribution in [0.3, 0.4) is 0 Å². The molecule has 0 spiro atoms. The van der Waals surface area contributed by atoms with E-state index in [-0.39, 0.29) is 0 Å². The summed E-state index contributed by atoms with van der Waals surface area (Å²) >= 11 is 13.2. The molecule has 0 bridgehead atoms. The van der Waals surface area contributed by atoms with Crippen LogP contribution in [0, 0.1) is 27.7 Å². The van der Waals surface area contributed by atoms with Gasteiger partial charge in [-0.25, -0.2) is 0 Å². The van der Waals surface area contributed by atoms with Crippen LogP contribution in [-0.4, -0.2) is 4.98 Å². The minimum Gasteiger partial charge on any atom is -0.257 e. The van der Waals surface area contributed by atoms with Crippen molar-refractivity contribution in [3.05, 3.63) is 149 Å². The number of hydrogen-bond acceptors (Lipinski definition) is 3. The van der Waals surface area contributed by atoms with Gasteiger partial charge < -0.3 is 0 Å². The maximum Gasteiger partial charge on any atom is 0.0463 e. The second-order valence-corrected chi connectivity index (χ2v) is 20.2. The molecule has 0 saturated heterocycles. The first kappa shape index (κ1) is 28.8. The van der Waals surface area contributed by atoms with E-state index in [2.05, 4.69) is 143 Å². The SMILES string of the molecule is Cc1ccc(P(=S)(Cc2cccc(CP(=S)(c3ccc(C)cc3)c3ccc(C)cc3)n2)c2ccc(C)cc2)cc1. The monoisotopic (exact) mass is 595 g/mol. The third-order valence-electron chi connectivity index (χ3n) is 7.44. The first-order valence-electron chi connectivity index (χ1n) is 13.6. The van der Waals surface area contributed by atoms with E-state index in [9.17, 15) is 0 Å². The van der Waals surface area contributed by atoms with Crippen LogP contribution in [0.2, 0.25) is 0 Å². The van der Waals surface area contributed by atoms with Crippen LogP contribution in [0.15, 0.2) is 115 Å². The summed E-state index contributed by atoms with van der Waals surface area (Å²) in [6, 6.07) is 37.3.